The molecule has 0 saturated heterocycles. The zero-order valence-corrected chi connectivity index (χ0v) is 21.0. The average Bonchev–Trinajstić information content (AvgIpc) is 3.31. The van der Waals surface area contributed by atoms with E-state index in [1.54, 1.807) is 24.3 Å². The van der Waals surface area contributed by atoms with Crippen molar-refractivity contribution in [3.8, 4) is 11.5 Å². The largest absolute Gasteiger partial charge is 0.494 e. The number of benzene rings is 3. The summed E-state index contributed by atoms with van der Waals surface area (Å²) in [7, 11) is 0. The summed E-state index contributed by atoms with van der Waals surface area (Å²) in [4.78, 5) is 17.8. The molecule has 1 heterocycles. The highest BCUT2D eigenvalue weighted by Crippen LogP contribution is 2.20. The first kappa shape index (κ1) is 25.1. The third-order valence-corrected chi connectivity index (χ3v) is 5.60. The van der Waals surface area contributed by atoms with Crippen molar-refractivity contribution >= 4 is 29.4 Å². The van der Waals surface area contributed by atoms with Gasteiger partial charge in [-0.3, -0.25) is 4.79 Å². The van der Waals surface area contributed by atoms with Crippen molar-refractivity contribution in [1.29, 1.82) is 0 Å². The zero-order chi connectivity index (χ0) is 25.3. The van der Waals surface area contributed by atoms with Gasteiger partial charge >= 0.3 is 0 Å². The molecule has 4 aromatic rings. The number of anilines is 2. The second-order valence-corrected chi connectivity index (χ2v) is 8.22. The van der Waals surface area contributed by atoms with Gasteiger partial charge in [0.1, 0.15) is 11.5 Å². The lowest BCUT2D eigenvalue weighted by Gasteiger charge is -2.09. The van der Waals surface area contributed by atoms with Gasteiger partial charge in [-0.05, 0) is 61.4 Å². The van der Waals surface area contributed by atoms with Gasteiger partial charge in [-0.15, -0.1) is 5.10 Å². The first-order chi connectivity index (χ1) is 17.6. The Morgan fingerprint density at radius 1 is 0.833 bits per heavy atom. The van der Waals surface area contributed by atoms with E-state index in [9.17, 15) is 4.79 Å². The highest BCUT2D eigenvalue weighted by Gasteiger charge is 2.20. The number of aromatic nitrogens is 3. The Labute approximate surface area is 215 Å². The third-order valence-electron chi connectivity index (χ3n) is 5.27. The van der Waals surface area contributed by atoms with Crippen molar-refractivity contribution < 1.29 is 14.3 Å². The van der Waals surface area contributed by atoms with Crippen LogP contribution in [0.2, 0.25) is 5.02 Å². The molecule has 36 heavy (non-hydrogen) atoms. The fraction of sp³-hybridized carbons (Fsp3) is 0.222. The van der Waals surface area contributed by atoms with Crippen LogP contribution in [0.15, 0.2) is 72.8 Å². The van der Waals surface area contributed by atoms with Crippen LogP contribution in [-0.4, -0.2) is 33.9 Å². The summed E-state index contributed by atoms with van der Waals surface area (Å²) in [6.45, 7) is 6.04. The molecule has 1 aromatic heterocycles. The van der Waals surface area contributed by atoms with Crippen molar-refractivity contribution in [2.75, 3.05) is 23.8 Å². The predicted octanol–water partition coefficient (Wildman–Crippen LogP) is 5.64. The smallest absolute Gasteiger partial charge is 0.282 e. The summed E-state index contributed by atoms with van der Waals surface area (Å²) in [5.74, 6) is 1.87. The minimum absolute atomic E-state index is 0.308. The SMILES string of the molecule is CCOc1ccc(CNc2nc(NCc3ccc(OCC)cc3)n(C(=O)c3ccccc3Cl)n2)cc1. The Morgan fingerprint density at radius 3 is 1.94 bits per heavy atom. The van der Waals surface area contributed by atoms with Crippen LogP contribution in [0.25, 0.3) is 0 Å². The topological polar surface area (TPSA) is 90.3 Å². The molecule has 8 nitrogen and oxygen atoms in total. The van der Waals surface area contributed by atoms with Gasteiger partial charge in [0.2, 0.25) is 11.9 Å². The molecule has 0 bridgehead atoms. The molecule has 0 saturated carbocycles. The minimum atomic E-state index is -0.378. The number of hydrogen-bond acceptors (Lipinski definition) is 7. The van der Waals surface area contributed by atoms with Crippen LogP contribution in [-0.2, 0) is 13.1 Å². The summed E-state index contributed by atoms with van der Waals surface area (Å²) < 4.78 is 12.2. The van der Waals surface area contributed by atoms with Gasteiger partial charge in [-0.2, -0.15) is 9.67 Å². The van der Waals surface area contributed by atoms with Gasteiger partial charge in [-0.25, -0.2) is 0 Å². The molecule has 0 amide bonds. The van der Waals surface area contributed by atoms with Crippen LogP contribution in [0.3, 0.4) is 0 Å². The molecule has 0 aliphatic carbocycles. The standard InChI is InChI=1S/C27H28ClN5O3/c1-3-35-21-13-9-19(10-14-21)17-29-26-31-27(30-18-20-11-15-22(16-12-20)36-4-2)33(32-26)25(34)23-7-5-6-8-24(23)28/h5-16H,3-4,17-18H2,1-2H3,(H2,29,30,31,32). The lowest BCUT2D eigenvalue weighted by molar-refractivity contribution is 0.0947. The van der Waals surface area contributed by atoms with E-state index >= 15 is 0 Å². The van der Waals surface area contributed by atoms with E-state index in [0.29, 0.717) is 48.8 Å². The lowest BCUT2D eigenvalue weighted by atomic mass is 10.2. The van der Waals surface area contributed by atoms with Gasteiger partial charge in [-0.1, -0.05) is 48.0 Å². The zero-order valence-electron chi connectivity index (χ0n) is 20.2. The van der Waals surface area contributed by atoms with Crippen molar-refractivity contribution in [2.24, 2.45) is 0 Å². The second-order valence-electron chi connectivity index (χ2n) is 7.82. The molecule has 186 valence electrons. The molecule has 9 heteroatoms. The maximum Gasteiger partial charge on any atom is 0.282 e. The van der Waals surface area contributed by atoms with Crippen molar-refractivity contribution in [3.63, 3.8) is 0 Å². The molecule has 4 rings (SSSR count). The van der Waals surface area contributed by atoms with Gasteiger partial charge in [0.25, 0.3) is 5.91 Å². The summed E-state index contributed by atoms with van der Waals surface area (Å²) in [6.07, 6.45) is 0. The van der Waals surface area contributed by atoms with Gasteiger partial charge in [0.05, 0.1) is 23.8 Å². The lowest BCUT2D eigenvalue weighted by Crippen LogP contribution is -2.18. The normalized spacial score (nSPS) is 10.6. The van der Waals surface area contributed by atoms with E-state index in [4.69, 9.17) is 21.1 Å². The van der Waals surface area contributed by atoms with E-state index in [1.807, 2.05) is 62.4 Å². The summed E-state index contributed by atoms with van der Waals surface area (Å²) >= 11 is 6.28. The Kier molecular flexibility index (Phi) is 8.41. The highest BCUT2D eigenvalue weighted by atomic mass is 35.5. The molecule has 3 aromatic carbocycles. The number of carbonyl (C=O) groups is 1. The average molecular weight is 506 g/mol. The van der Waals surface area contributed by atoms with E-state index in [1.165, 1.54) is 4.68 Å². The van der Waals surface area contributed by atoms with Crippen molar-refractivity contribution in [1.82, 2.24) is 14.8 Å². The van der Waals surface area contributed by atoms with E-state index in [2.05, 4.69) is 20.7 Å². The van der Waals surface area contributed by atoms with Crippen LogP contribution in [0.1, 0.15) is 35.3 Å². The Hall–Kier alpha value is -4.04. The number of nitrogens with one attached hydrogen (secondary N) is 2. The number of ether oxygens (including phenoxy) is 2. The number of hydrogen-bond donors (Lipinski definition) is 2. The first-order valence-corrected chi connectivity index (χ1v) is 12.1. The van der Waals surface area contributed by atoms with Crippen LogP contribution in [0.4, 0.5) is 11.9 Å². The molecular formula is C27H28ClN5O3. The molecule has 0 atom stereocenters. The van der Waals surface area contributed by atoms with Gasteiger partial charge < -0.3 is 20.1 Å². The summed E-state index contributed by atoms with van der Waals surface area (Å²) in [5.41, 5.74) is 2.37. The molecule has 2 N–H and O–H groups in total. The van der Waals surface area contributed by atoms with Crippen LogP contribution in [0, 0.1) is 0 Å². The maximum atomic E-state index is 13.3. The maximum absolute atomic E-state index is 13.3. The minimum Gasteiger partial charge on any atom is -0.494 e. The summed E-state index contributed by atoms with van der Waals surface area (Å²) in [6, 6.07) is 22.4. The number of nitrogens with zero attached hydrogens (tertiary/aromatic N) is 3. The third kappa shape index (κ3) is 6.34. The summed E-state index contributed by atoms with van der Waals surface area (Å²) in [5, 5.41) is 11.2. The molecule has 0 radical (unpaired) electrons. The molecule has 0 aliphatic rings. The van der Waals surface area contributed by atoms with Gasteiger partial charge in [0.15, 0.2) is 0 Å². The number of rotatable bonds is 11. The Morgan fingerprint density at radius 2 is 1.39 bits per heavy atom. The molecule has 0 spiro atoms. The van der Waals surface area contributed by atoms with Crippen LogP contribution >= 0.6 is 11.6 Å². The molecule has 0 fully saturated rings. The fourth-order valence-electron chi connectivity index (χ4n) is 3.49. The molecule has 0 aliphatic heterocycles. The van der Waals surface area contributed by atoms with Crippen LogP contribution in [0.5, 0.6) is 11.5 Å². The highest BCUT2D eigenvalue weighted by molar-refractivity contribution is 6.33. The second kappa shape index (κ2) is 12.1. The Bertz CT molecular complexity index is 1290. The molecular weight excluding hydrogens is 478 g/mol. The van der Waals surface area contributed by atoms with E-state index < -0.39 is 0 Å². The number of carbonyl (C=O) groups excluding carboxylic acids is 1. The van der Waals surface area contributed by atoms with Crippen molar-refractivity contribution in [2.45, 2.75) is 26.9 Å². The molecule has 0 unspecified atom stereocenters. The van der Waals surface area contributed by atoms with Crippen molar-refractivity contribution in [3.05, 3.63) is 94.5 Å². The van der Waals surface area contributed by atoms with E-state index in [-0.39, 0.29) is 5.91 Å². The monoisotopic (exact) mass is 505 g/mol. The quantitative estimate of drug-likeness (QED) is 0.272. The Balaban J connectivity index is 1.52. The first-order valence-electron chi connectivity index (χ1n) is 11.7. The predicted molar refractivity (Wildman–Crippen MR) is 141 cm³/mol. The van der Waals surface area contributed by atoms with E-state index in [0.717, 1.165) is 22.6 Å². The van der Waals surface area contributed by atoms with Crippen LogP contribution < -0.4 is 20.1 Å². The fourth-order valence-corrected chi connectivity index (χ4v) is 3.71. The van der Waals surface area contributed by atoms with Gasteiger partial charge in [0, 0.05) is 13.1 Å². The number of halogens is 1.